The Bertz CT molecular complexity index is 492. The minimum Gasteiger partial charge on any atom is -0.490 e. The summed E-state index contributed by atoms with van der Waals surface area (Å²) in [5.74, 6) is -1.10. The summed E-state index contributed by atoms with van der Waals surface area (Å²) in [5.41, 5.74) is 0.115. The Labute approximate surface area is 104 Å². The van der Waals surface area contributed by atoms with E-state index in [1.165, 1.54) is 24.3 Å². The standard InChI is InChI=1S/C13H13FO4/c1-13(8-18-13)7-17-11-4-3-10(14)6-9(11)2-5-12(15)16/h2-6H,7-8H2,1H3,(H,15,16)/b5-2+/t13-/m1/s1. The number of benzene rings is 1. The molecule has 5 heteroatoms. The van der Waals surface area contributed by atoms with Gasteiger partial charge >= 0.3 is 5.97 Å². The molecule has 1 aromatic carbocycles. The molecule has 0 bridgehead atoms. The number of carbonyl (C=O) groups is 1. The predicted molar refractivity (Wildman–Crippen MR) is 62.9 cm³/mol. The molecule has 0 radical (unpaired) electrons. The van der Waals surface area contributed by atoms with Crippen LogP contribution in [0.15, 0.2) is 24.3 Å². The van der Waals surface area contributed by atoms with Crippen molar-refractivity contribution in [2.24, 2.45) is 0 Å². The van der Waals surface area contributed by atoms with Crippen LogP contribution in [0.2, 0.25) is 0 Å². The lowest BCUT2D eigenvalue weighted by atomic mass is 10.1. The van der Waals surface area contributed by atoms with Crippen molar-refractivity contribution in [1.82, 2.24) is 0 Å². The van der Waals surface area contributed by atoms with E-state index in [0.29, 0.717) is 24.5 Å². The first-order valence-electron chi connectivity index (χ1n) is 5.46. The summed E-state index contributed by atoms with van der Waals surface area (Å²) in [6.07, 6.45) is 2.24. The second-order valence-electron chi connectivity index (χ2n) is 4.38. The summed E-state index contributed by atoms with van der Waals surface area (Å²) in [7, 11) is 0. The van der Waals surface area contributed by atoms with Gasteiger partial charge in [0.15, 0.2) is 0 Å². The van der Waals surface area contributed by atoms with Crippen LogP contribution in [0.4, 0.5) is 4.39 Å². The smallest absolute Gasteiger partial charge is 0.328 e. The van der Waals surface area contributed by atoms with Crippen LogP contribution in [0.3, 0.4) is 0 Å². The van der Waals surface area contributed by atoms with E-state index in [-0.39, 0.29) is 5.60 Å². The SMILES string of the molecule is C[C@@]1(COc2ccc(F)cc2/C=C/C(=O)O)CO1. The van der Waals surface area contributed by atoms with E-state index in [2.05, 4.69) is 0 Å². The molecule has 1 aliphatic heterocycles. The van der Waals surface area contributed by atoms with Crippen LogP contribution in [-0.2, 0) is 9.53 Å². The van der Waals surface area contributed by atoms with Crippen LogP contribution in [0, 0.1) is 5.82 Å². The fourth-order valence-corrected chi connectivity index (χ4v) is 1.38. The molecule has 2 rings (SSSR count). The molecule has 0 amide bonds. The summed E-state index contributed by atoms with van der Waals surface area (Å²) >= 11 is 0. The van der Waals surface area contributed by atoms with Gasteiger partial charge in [-0.25, -0.2) is 9.18 Å². The monoisotopic (exact) mass is 252 g/mol. The molecule has 4 nitrogen and oxygen atoms in total. The lowest BCUT2D eigenvalue weighted by Crippen LogP contribution is -2.17. The van der Waals surface area contributed by atoms with Crippen molar-refractivity contribution >= 4 is 12.0 Å². The third-order valence-corrected chi connectivity index (χ3v) is 2.55. The molecule has 1 saturated heterocycles. The molecule has 0 unspecified atom stereocenters. The predicted octanol–water partition coefficient (Wildman–Crippen LogP) is 2.09. The van der Waals surface area contributed by atoms with Gasteiger partial charge in [-0.2, -0.15) is 0 Å². The largest absolute Gasteiger partial charge is 0.490 e. The summed E-state index contributed by atoms with van der Waals surface area (Å²) < 4.78 is 23.8. The van der Waals surface area contributed by atoms with Crippen LogP contribution < -0.4 is 4.74 Å². The minimum atomic E-state index is -1.09. The number of epoxide rings is 1. The van der Waals surface area contributed by atoms with Crippen LogP contribution in [0.25, 0.3) is 6.08 Å². The molecular formula is C13H13FO4. The fourth-order valence-electron chi connectivity index (χ4n) is 1.38. The normalized spacial score (nSPS) is 22.1. The van der Waals surface area contributed by atoms with Gasteiger partial charge in [0.1, 0.15) is 23.8 Å². The van der Waals surface area contributed by atoms with Crippen LogP contribution in [-0.4, -0.2) is 29.9 Å². The van der Waals surface area contributed by atoms with Gasteiger partial charge in [0, 0.05) is 11.6 Å². The number of carboxylic acid groups (broad SMARTS) is 1. The average molecular weight is 252 g/mol. The van der Waals surface area contributed by atoms with E-state index in [0.717, 1.165) is 6.08 Å². The molecule has 0 saturated carbocycles. The molecule has 18 heavy (non-hydrogen) atoms. The molecule has 1 aliphatic rings. The first kappa shape index (κ1) is 12.6. The Morgan fingerprint density at radius 1 is 1.67 bits per heavy atom. The van der Waals surface area contributed by atoms with Gasteiger partial charge in [-0.15, -0.1) is 0 Å². The highest BCUT2D eigenvalue weighted by atomic mass is 19.1. The number of hydrogen-bond donors (Lipinski definition) is 1. The summed E-state index contributed by atoms with van der Waals surface area (Å²) in [4.78, 5) is 10.5. The van der Waals surface area contributed by atoms with Gasteiger partial charge in [0.05, 0.1) is 6.61 Å². The van der Waals surface area contributed by atoms with Crippen molar-refractivity contribution in [2.45, 2.75) is 12.5 Å². The van der Waals surface area contributed by atoms with Gasteiger partial charge in [0.2, 0.25) is 0 Å². The first-order chi connectivity index (χ1) is 8.48. The quantitative estimate of drug-likeness (QED) is 0.644. The second-order valence-corrected chi connectivity index (χ2v) is 4.38. The number of ether oxygens (including phenoxy) is 2. The molecule has 0 spiro atoms. The summed E-state index contributed by atoms with van der Waals surface area (Å²) in [5, 5.41) is 8.56. The van der Waals surface area contributed by atoms with Crippen molar-refractivity contribution in [1.29, 1.82) is 0 Å². The molecule has 1 heterocycles. The van der Waals surface area contributed by atoms with Crippen molar-refractivity contribution in [3.8, 4) is 5.75 Å². The van der Waals surface area contributed by atoms with E-state index < -0.39 is 11.8 Å². The first-order valence-corrected chi connectivity index (χ1v) is 5.46. The lowest BCUT2D eigenvalue weighted by molar-refractivity contribution is -0.131. The maximum Gasteiger partial charge on any atom is 0.328 e. The molecule has 0 aliphatic carbocycles. The van der Waals surface area contributed by atoms with E-state index in [1.807, 2.05) is 6.92 Å². The van der Waals surface area contributed by atoms with E-state index in [4.69, 9.17) is 14.6 Å². The van der Waals surface area contributed by atoms with Gasteiger partial charge < -0.3 is 14.6 Å². The van der Waals surface area contributed by atoms with E-state index >= 15 is 0 Å². The molecule has 1 N–H and O–H groups in total. The topological polar surface area (TPSA) is 59.1 Å². The van der Waals surface area contributed by atoms with Gasteiger partial charge in [-0.05, 0) is 31.2 Å². The Hall–Kier alpha value is -1.88. The van der Waals surface area contributed by atoms with Crippen molar-refractivity contribution < 1.29 is 23.8 Å². The van der Waals surface area contributed by atoms with Crippen molar-refractivity contribution in [2.75, 3.05) is 13.2 Å². The third kappa shape index (κ3) is 3.30. The third-order valence-electron chi connectivity index (χ3n) is 2.55. The zero-order valence-electron chi connectivity index (χ0n) is 9.85. The van der Waals surface area contributed by atoms with Crippen LogP contribution in [0.5, 0.6) is 5.75 Å². The highest BCUT2D eigenvalue weighted by molar-refractivity contribution is 5.85. The molecule has 96 valence electrons. The fraction of sp³-hybridized carbons (Fsp3) is 0.308. The van der Waals surface area contributed by atoms with Crippen molar-refractivity contribution in [3.05, 3.63) is 35.7 Å². The summed E-state index contributed by atoms with van der Waals surface area (Å²) in [6, 6.07) is 3.97. The van der Waals surface area contributed by atoms with Crippen LogP contribution >= 0.6 is 0 Å². The minimum absolute atomic E-state index is 0.276. The number of hydrogen-bond acceptors (Lipinski definition) is 3. The zero-order valence-corrected chi connectivity index (χ0v) is 9.85. The zero-order chi connectivity index (χ0) is 13.2. The van der Waals surface area contributed by atoms with Gasteiger partial charge in [-0.3, -0.25) is 0 Å². The van der Waals surface area contributed by atoms with Crippen LogP contribution in [0.1, 0.15) is 12.5 Å². The van der Waals surface area contributed by atoms with Crippen molar-refractivity contribution in [3.63, 3.8) is 0 Å². The Morgan fingerprint density at radius 3 is 3.00 bits per heavy atom. The number of halogens is 1. The summed E-state index contributed by atoms with van der Waals surface area (Å²) in [6.45, 7) is 2.89. The Morgan fingerprint density at radius 2 is 2.39 bits per heavy atom. The average Bonchev–Trinajstić information content (AvgIpc) is 3.04. The Kier molecular flexibility index (Phi) is 3.34. The molecule has 1 fully saturated rings. The maximum atomic E-state index is 13.1. The van der Waals surface area contributed by atoms with Gasteiger partial charge in [0.25, 0.3) is 0 Å². The number of carboxylic acids is 1. The van der Waals surface area contributed by atoms with E-state index in [1.54, 1.807) is 0 Å². The Balaban J connectivity index is 2.14. The van der Waals surface area contributed by atoms with E-state index in [9.17, 15) is 9.18 Å². The molecule has 1 atom stereocenters. The number of rotatable bonds is 5. The molecule has 0 aromatic heterocycles. The maximum absolute atomic E-state index is 13.1. The van der Waals surface area contributed by atoms with Gasteiger partial charge in [-0.1, -0.05) is 0 Å². The lowest BCUT2D eigenvalue weighted by Gasteiger charge is -2.11. The highest BCUT2D eigenvalue weighted by Crippen LogP contribution is 2.28. The molecule has 1 aromatic rings. The highest BCUT2D eigenvalue weighted by Gasteiger charge is 2.40. The molecular weight excluding hydrogens is 239 g/mol. The number of aliphatic carboxylic acids is 1. The second kappa shape index (κ2) is 4.78.